The third kappa shape index (κ3) is 2.82. The summed E-state index contributed by atoms with van der Waals surface area (Å²) in [6, 6.07) is 7.97. The summed E-state index contributed by atoms with van der Waals surface area (Å²) in [6.07, 6.45) is 0. The molecule has 104 valence electrons. The van der Waals surface area contributed by atoms with Gasteiger partial charge in [0.15, 0.2) is 5.58 Å². The number of furan rings is 1. The molecule has 0 saturated carbocycles. The molecule has 1 aromatic heterocycles. The van der Waals surface area contributed by atoms with Gasteiger partial charge < -0.3 is 8.84 Å². The summed E-state index contributed by atoms with van der Waals surface area (Å²) in [5.41, 5.74) is 0.808. The van der Waals surface area contributed by atoms with E-state index in [1.54, 1.807) is 0 Å². The van der Waals surface area contributed by atoms with Crippen molar-refractivity contribution in [1.29, 1.82) is 0 Å². The van der Waals surface area contributed by atoms with Crippen molar-refractivity contribution < 1.29 is 8.84 Å². The molecule has 0 N–H and O–H groups in total. The number of rotatable bonds is 3. The zero-order valence-electron chi connectivity index (χ0n) is 12.2. The highest BCUT2D eigenvalue weighted by Crippen LogP contribution is 2.39. The first-order chi connectivity index (χ1) is 8.74. The van der Waals surface area contributed by atoms with Gasteiger partial charge in [0, 0.05) is 5.39 Å². The van der Waals surface area contributed by atoms with E-state index in [1.165, 1.54) is 0 Å². The lowest BCUT2D eigenvalue weighted by Crippen LogP contribution is -2.43. The second kappa shape index (κ2) is 4.87. The summed E-state index contributed by atoms with van der Waals surface area (Å²) in [4.78, 5) is 0. The molecule has 0 amide bonds. The van der Waals surface area contributed by atoms with E-state index in [0.717, 1.165) is 22.5 Å². The molecule has 2 rings (SSSR count). The molecule has 19 heavy (non-hydrogen) atoms. The van der Waals surface area contributed by atoms with Crippen LogP contribution in [0.2, 0.25) is 18.1 Å². The van der Waals surface area contributed by atoms with Crippen LogP contribution in [0.15, 0.2) is 28.7 Å². The monoisotopic (exact) mass is 296 g/mol. The third-order valence-corrected chi connectivity index (χ3v) is 8.47. The minimum atomic E-state index is -1.86. The minimum absolute atomic E-state index is 0.164. The van der Waals surface area contributed by atoms with Crippen molar-refractivity contribution in [2.45, 2.75) is 44.8 Å². The number of hydrogen-bond acceptors (Lipinski definition) is 2. The Morgan fingerprint density at radius 3 is 2.53 bits per heavy atom. The van der Waals surface area contributed by atoms with Crippen molar-refractivity contribution in [3.05, 3.63) is 30.0 Å². The standard InChI is InChI=1S/C15H21ClO2Si/c1-15(2,3)19(4,5)18-13-8-6-7-11-9-12(10-16)17-14(11)13/h6-9H,10H2,1-5H3. The Morgan fingerprint density at radius 1 is 1.26 bits per heavy atom. The Balaban J connectivity index is 2.43. The maximum atomic E-state index is 6.34. The third-order valence-electron chi connectivity index (χ3n) is 3.86. The van der Waals surface area contributed by atoms with E-state index in [9.17, 15) is 0 Å². The molecule has 1 aromatic carbocycles. The number of hydrogen-bond donors (Lipinski definition) is 0. The van der Waals surface area contributed by atoms with Gasteiger partial charge in [0.05, 0.1) is 5.88 Å². The lowest BCUT2D eigenvalue weighted by Gasteiger charge is -2.36. The molecule has 1 heterocycles. The summed E-state index contributed by atoms with van der Waals surface area (Å²) < 4.78 is 12.1. The van der Waals surface area contributed by atoms with Gasteiger partial charge in [-0.15, -0.1) is 11.6 Å². The van der Waals surface area contributed by atoms with Crippen LogP contribution in [0.1, 0.15) is 26.5 Å². The number of halogens is 1. The zero-order chi connectivity index (χ0) is 14.3. The molecular weight excluding hydrogens is 276 g/mol. The Hall–Kier alpha value is -0.933. The van der Waals surface area contributed by atoms with E-state index in [2.05, 4.69) is 33.9 Å². The van der Waals surface area contributed by atoms with Gasteiger partial charge >= 0.3 is 0 Å². The summed E-state index contributed by atoms with van der Waals surface area (Å²) in [6.45, 7) is 11.2. The van der Waals surface area contributed by atoms with Gasteiger partial charge in [-0.05, 0) is 30.3 Å². The lowest BCUT2D eigenvalue weighted by molar-refractivity contribution is 0.479. The molecule has 2 aromatic rings. The Morgan fingerprint density at radius 2 is 1.95 bits per heavy atom. The zero-order valence-corrected chi connectivity index (χ0v) is 14.0. The van der Waals surface area contributed by atoms with Crippen LogP contribution < -0.4 is 4.43 Å². The van der Waals surface area contributed by atoms with Gasteiger partial charge in [0.2, 0.25) is 0 Å². The van der Waals surface area contributed by atoms with Crippen LogP contribution in [-0.2, 0) is 5.88 Å². The number of alkyl halides is 1. The normalized spacial score (nSPS) is 12.9. The molecule has 0 aliphatic heterocycles. The first-order valence-electron chi connectivity index (χ1n) is 6.51. The lowest BCUT2D eigenvalue weighted by atomic mass is 10.2. The van der Waals surface area contributed by atoms with Crippen molar-refractivity contribution in [1.82, 2.24) is 0 Å². The highest BCUT2D eigenvalue weighted by molar-refractivity contribution is 6.74. The van der Waals surface area contributed by atoms with E-state index < -0.39 is 8.32 Å². The fourth-order valence-electron chi connectivity index (χ4n) is 1.66. The predicted octanol–water partition coefficient (Wildman–Crippen LogP) is 5.56. The molecule has 0 aliphatic rings. The van der Waals surface area contributed by atoms with Gasteiger partial charge in [0.25, 0.3) is 8.32 Å². The van der Waals surface area contributed by atoms with Crippen LogP contribution in [-0.4, -0.2) is 8.32 Å². The van der Waals surface area contributed by atoms with E-state index in [1.807, 2.05) is 24.3 Å². The van der Waals surface area contributed by atoms with Crippen LogP contribution in [0.4, 0.5) is 0 Å². The highest BCUT2D eigenvalue weighted by atomic mass is 35.5. The van der Waals surface area contributed by atoms with E-state index >= 15 is 0 Å². The number of fused-ring (bicyclic) bond motifs is 1. The fraction of sp³-hybridized carbons (Fsp3) is 0.467. The average Bonchev–Trinajstić information content (AvgIpc) is 2.71. The van der Waals surface area contributed by atoms with Crippen molar-refractivity contribution in [3.63, 3.8) is 0 Å². The van der Waals surface area contributed by atoms with Crippen LogP contribution >= 0.6 is 11.6 Å². The van der Waals surface area contributed by atoms with Crippen LogP contribution in [0.25, 0.3) is 11.0 Å². The molecule has 0 aliphatic carbocycles. The maximum absolute atomic E-state index is 6.34. The molecule has 2 nitrogen and oxygen atoms in total. The molecule has 0 unspecified atom stereocenters. The fourth-order valence-corrected chi connectivity index (χ4v) is 2.81. The van der Waals surface area contributed by atoms with E-state index in [4.69, 9.17) is 20.4 Å². The smallest absolute Gasteiger partial charge is 0.250 e. The summed E-state index contributed by atoms with van der Waals surface area (Å²) in [5, 5.41) is 1.21. The molecular formula is C15H21ClO2Si. The van der Waals surface area contributed by atoms with Gasteiger partial charge in [-0.1, -0.05) is 32.9 Å². The van der Waals surface area contributed by atoms with Crippen LogP contribution in [0, 0.1) is 0 Å². The predicted molar refractivity (Wildman–Crippen MR) is 83.6 cm³/mol. The first-order valence-corrected chi connectivity index (χ1v) is 9.95. The van der Waals surface area contributed by atoms with Gasteiger partial charge in [0.1, 0.15) is 11.5 Å². The average molecular weight is 297 g/mol. The van der Waals surface area contributed by atoms with Gasteiger partial charge in [-0.25, -0.2) is 0 Å². The minimum Gasteiger partial charge on any atom is -0.541 e. The van der Waals surface area contributed by atoms with Gasteiger partial charge in [-0.3, -0.25) is 0 Å². The topological polar surface area (TPSA) is 22.4 Å². The molecule has 0 atom stereocenters. The van der Waals surface area contributed by atoms with E-state index in [0.29, 0.717) is 5.88 Å². The second-order valence-electron chi connectivity index (χ2n) is 6.38. The Labute approximate surface area is 120 Å². The quantitative estimate of drug-likeness (QED) is 0.547. The summed E-state index contributed by atoms with van der Waals surface area (Å²) in [7, 11) is -1.86. The number of para-hydroxylation sites is 1. The maximum Gasteiger partial charge on any atom is 0.250 e. The SMILES string of the molecule is CC(C)(C)[Si](C)(C)Oc1cccc2cc(CCl)oc12. The van der Waals surface area contributed by atoms with Crippen LogP contribution in [0.5, 0.6) is 5.75 Å². The largest absolute Gasteiger partial charge is 0.541 e. The summed E-state index contributed by atoms with van der Waals surface area (Å²) in [5.74, 6) is 2.00. The first kappa shape index (κ1) is 14.5. The van der Waals surface area contributed by atoms with Crippen molar-refractivity contribution in [2.75, 3.05) is 0 Å². The Bertz CT molecular complexity index is 581. The highest BCUT2D eigenvalue weighted by Gasteiger charge is 2.39. The molecule has 0 radical (unpaired) electrons. The van der Waals surface area contributed by atoms with E-state index in [-0.39, 0.29) is 5.04 Å². The van der Waals surface area contributed by atoms with Crippen molar-refractivity contribution >= 4 is 30.9 Å². The van der Waals surface area contributed by atoms with Gasteiger partial charge in [-0.2, -0.15) is 0 Å². The molecule has 0 fully saturated rings. The molecule has 0 spiro atoms. The van der Waals surface area contributed by atoms with Crippen molar-refractivity contribution in [2.24, 2.45) is 0 Å². The van der Waals surface area contributed by atoms with Crippen molar-refractivity contribution in [3.8, 4) is 5.75 Å². The second-order valence-corrected chi connectivity index (χ2v) is 11.4. The molecule has 0 saturated heterocycles. The molecule has 0 bridgehead atoms. The summed E-state index contributed by atoms with van der Waals surface area (Å²) >= 11 is 5.83. The number of benzene rings is 1. The van der Waals surface area contributed by atoms with Crippen LogP contribution in [0.3, 0.4) is 0 Å². The molecule has 4 heteroatoms. The Kier molecular flexibility index (Phi) is 3.71.